The fourth-order valence-electron chi connectivity index (χ4n) is 4.15. The number of hydrogen-bond acceptors (Lipinski definition) is 5. The summed E-state index contributed by atoms with van der Waals surface area (Å²) in [6.45, 7) is 2.91. The largest absolute Gasteiger partial charge is 0.377 e. The van der Waals surface area contributed by atoms with Crippen molar-refractivity contribution >= 4 is 34.8 Å². The van der Waals surface area contributed by atoms with Gasteiger partial charge < -0.3 is 19.9 Å². The minimum Gasteiger partial charge on any atom is -0.377 e. The summed E-state index contributed by atoms with van der Waals surface area (Å²) < 4.78 is 6.13. The van der Waals surface area contributed by atoms with E-state index in [1.807, 2.05) is 12.1 Å². The average molecular weight is 448 g/mol. The zero-order valence-electron chi connectivity index (χ0n) is 17.2. The number of carbonyl (C=O) groups excluding carboxylic acids is 2. The van der Waals surface area contributed by atoms with Crippen molar-refractivity contribution in [1.82, 2.24) is 15.1 Å². The van der Waals surface area contributed by atoms with Crippen LogP contribution in [-0.2, 0) is 17.6 Å². The first kappa shape index (κ1) is 21.3. The van der Waals surface area contributed by atoms with Gasteiger partial charge in [0.2, 0.25) is 0 Å². The van der Waals surface area contributed by atoms with Gasteiger partial charge in [0.1, 0.15) is 0 Å². The number of amides is 2. The molecule has 0 spiro atoms. The van der Waals surface area contributed by atoms with Gasteiger partial charge >= 0.3 is 0 Å². The second-order valence-electron chi connectivity index (χ2n) is 7.95. The molecule has 0 unspecified atom stereocenters. The first-order chi connectivity index (χ1) is 14.4. The van der Waals surface area contributed by atoms with E-state index in [4.69, 9.17) is 16.3 Å². The maximum absolute atomic E-state index is 13.2. The number of fused-ring (bicyclic) bond motifs is 1. The number of ether oxygens (including phenoxy) is 1. The summed E-state index contributed by atoms with van der Waals surface area (Å²) in [5, 5.41) is 3.00. The summed E-state index contributed by atoms with van der Waals surface area (Å²) in [4.78, 5) is 30.3. The molecule has 0 radical (unpaired) electrons. The Hall–Kier alpha value is -1.93. The molecule has 2 aliphatic rings. The Labute approximate surface area is 185 Å². The summed E-state index contributed by atoms with van der Waals surface area (Å²) in [6, 6.07) is 9.20. The molecule has 8 heteroatoms. The van der Waals surface area contributed by atoms with Gasteiger partial charge in [-0.25, -0.2) is 0 Å². The number of benzene rings is 1. The number of nitrogens with one attached hydrogen (secondary N) is 1. The van der Waals surface area contributed by atoms with Crippen molar-refractivity contribution in [3.63, 3.8) is 0 Å². The Morgan fingerprint density at radius 3 is 2.60 bits per heavy atom. The van der Waals surface area contributed by atoms with E-state index in [0.29, 0.717) is 27.9 Å². The molecule has 2 aliphatic heterocycles. The Morgan fingerprint density at radius 2 is 1.90 bits per heavy atom. The van der Waals surface area contributed by atoms with Crippen LogP contribution in [0.15, 0.2) is 30.3 Å². The maximum Gasteiger partial charge on any atom is 0.261 e. The van der Waals surface area contributed by atoms with E-state index in [9.17, 15) is 9.59 Å². The molecule has 160 valence electrons. The number of methoxy groups -OCH3 is 1. The maximum atomic E-state index is 13.2. The van der Waals surface area contributed by atoms with Crippen molar-refractivity contribution in [2.24, 2.45) is 0 Å². The molecule has 4 rings (SSSR count). The SMILES string of the molecule is CO[C@H]1CN(C(=O)c2ccc3c(c2)CCN(C)CC3)C[C@@H]1NC(=O)c1ccc(Cl)s1. The van der Waals surface area contributed by atoms with Crippen LogP contribution in [0.4, 0.5) is 0 Å². The van der Waals surface area contributed by atoms with Crippen LogP contribution >= 0.6 is 22.9 Å². The van der Waals surface area contributed by atoms with Gasteiger partial charge in [0.25, 0.3) is 11.8 Å². The summed E-state index contributed by atoms with van der Waals surface area (Å²) in [5.74, 6) is -0.212. The van der Waals surface area contributed by atoms with Gasteiger partial charge in [-0.2, -0.15) is 0 Å². The van der Waals surface area contributed by atoms with Crippen molar-refractivity contribution < 1.29 is 14.3 Å². The number of thiophene rings is 1. The zero-order chi connectivity index (χ0) is 21.3. The second-order valence-corrected chi connectivity index (χ2v) is 9.67. The molecule has 3 heterocycles. The van der Waals surface area contributed by atoms with Crippen LogP contribution in [0.25, 0.3) is 0 Å². The summed E-state index contributed by atoms with van der Waals surface area (Å²) in [5.41, 5.74) is 3.28. The average Bonchev–Trinajstić information content (AvgIpc) is 3.31. The lowest BCUT2D eigenvalue weighted by molar-refractivity contribution is 0.0692. The molecular weight excluding hydrogens is 422 g/mol. The van der Waals surface area contributed by atoms with E-state index in [1.165, 1.54) is 22.5 Å². The molecule has 30 heavy (non-hydrogen) atoms. The van der Waals surface area contributed by atoms with E-state index in [0.717, 1.165) is 25.9 Å². The Balaban J connectivity index is 1.45. The number of carbonyl (C=O) groups is 2. The molecule has 0 bridgehead atoms. The third-order valence-corrected chi connectivity index (χ3v) is 7.18. The summed E-state index contributed by atoms with van der Waals surface area (Å²) in [7, 11) is 3.74. The first-order valence-electron chi connectivity index (χ1n) is 10.1. The van der Waals surface area contributed by atoms with Gasteiger partial charge in [0.05, 0.1) is 21.4 Å². The fraction of sp³-hybridized carbons (Fsp3) is 0.455. The highest BCUT2D eigenvalue weighted by molar-refractivity contribution is 7.18. The molecule has 1 aromatic heterocycles. The standard InChI is InChI=1S/C22H26ClN3O3S/c1-25-9-7-14-3-4-16(11-15(14)8-10-25)22(28)26-12-17(18(13-26)29-2)24-21(27)19-5-6-20(23)30-19/h3-6,11,17-18H,7-10,12-13H2,1-2H3,(H,24,27)/t17-,18-/m0/s1. The minimum absolute atomic E-state index is 0.0200. The molecule has 0 saturated carbocycles. The van der Waals surface area contributed by atoms with Gasteiger partial charge in [0.15, 0.2) is 0 Å². The molecule has 1 fully saturated rings. The number of nitrogens with zero attached hydrogens (tertiary/aromatic N) is 2. The molecule has 2 atom stereocenters. The summed E-state index contributed by atoms with van der Waals surface area (Å²) >= 11 is 7.17. The minimum atomic E-state index is -0.262. The lowest BCUT2D eigenvalue weighted by atomic mass is 9.99. The number of halogens is 1. The second kappa shape index (κ2) is 9.06. The topological polar surface area (TPSA) is 61.9 Å². The molecule has 1 aromatic carbocycles. The highest BCUT2D eigenvalue weighted by Gasteiger charge is 2.37. The fourth-order valence-corrected chi connectivity index (χ4v) is 5.09. The van der Waals surface area contributed by atoms with Crippen LogP contribution < -0.4 is 5.32 Å². The van der Waals surface area contributed by atoms with E-state index < -0.39 is 0 Å². The smallest absolute Gasteiger partial charge is 0.261 e. The summed E-state index contributed by atoms with van der Waals surface area (Å²) in [6.07, 6.45) is 1.72. The van der Waals surface area contributed by atoms with Gasteiger partial charge in [-0.1, -0.05) is 17.7 Å². The van der Waals surface area contributed by atoms with Crippen LogP contribution in [0, 0.1) is 0 Å². The Kier molecular flexibility index (Phi) is 6.43. The van der Waals surface area contributed by atoms with E-state index in [1.54, 1.807) is 24.1 Å². The van der Waals surface area contributed by atoms with E-state index >= 15 is 0 Å². The van der Waals surface area contributed by atoms with Crippen molar-refractivity contribution in [3.8, 4) is 0 Å². The highest BCUT2D eigenvalue weighted by Crippen LogP contribution is 2.24. The third-order valence-electron chi connectivity index (χ3n) is 5.95. The predicted molar refractivity (Wildman–Crippen MR) is 119 cm³/mol. The van der Waals surface area contributed by atoms with Crippen LogP contribution in [0.1, 0.15) is 31.2 Å². The number of rotatable bonds is 4. The van der Waals surface area contributed by atoms with Crippen molar-refractivity contribution in [2.45, 2.75) is 25.0 Å². The van der Waals surface area contributed by atoms with Crippen molar-refractivity contribution in [1.29, 1.82) is 0 Å². The van der Waals surface area contributed by atoms with Gasteiger partial charge in [-0.15, -0.1) is 11.3 Å². The highest BCUT2D eigenvalue weighted by atomic mass is 35.5. The molecule has 1 saturated heterocycles. The first-order valence-corrected chi connectivity index (χ1v) is 11.3. The van der Waals surface area contributed by atoms with Crippen LogP contribution in [0.3, 0.4) is 0 Å². The number of likely N-dealkylation sites (N-methyl/N-ethyl adjacent to an activating group) is 1. The van der Waals surface area contributed by atoms with E-state index in [2.05, 4.69) is 23.3 Å². The van der Waals surface area contributed by atoms with Crippen molar-refractivity contribution in [2.75, 3.05) is 40.3 Å². The van der Waals surface area contributed by atoms with Crippen LogP contribution in [0.2, 0.25) is 4.34 Å². The number of hydrogen-bond donors (Lipinski definition) is 1. The Morgan fingerprint density at radius 1 is 1.13 bits per heavy atom. The lowest BCUT2D eigenvalue weighted by Gasteiger charge is -2.18. The molecule has 2 amide bonds. The molecule has 6 nitrogen and oxygen atoms in total. The number of likely N-dealkylation sites (tertiary alicyclic amines) is 1. The van der Waals surface area contributed by atoms with Crippen molar-refractivity contribution in [3.05, 3.63) is 56.2 Å². The third kappa shape index (κ3) is 4.54. The molecule has 1 N–H and O–H groups in total. The Bertz CT molecular complexity index is 947. The normalized spacial score (nSPS) is 21.9. The van der Waals surface area contributed by atoms with Gasteiger partial charge in [-0.05, 0) is 55.3 Å². The monoisotopic (exact) mass is 447 g/mol. The quantitative estimate of drug-likeness (QED) is 0.782. The van der Waals surface area contributed by atoms with Crippen LogP contribution in [0.5, 0.6) is 0 Å². The lowest BCUT2D eigenvalue weighted by Crippen LogP contribution is -2.43. The molecule has 2 aromatic rings. The zero-order valence-corrected chi connectivity index (χ0v) is 18.8. The molecular formula is C22H26ClN3O3S. The van der Waals surface area contributed by atoms with E-state index in [-0.39, 0.29) is 24.0 Å². The van der Waals surface area contributed by atoms with Gasteiger partial charge in [0, 0.05) is 38.9 Å². The van der Waals surface area contributed by atoms with Gasteiger partial charge in [-0.3, -0.25) is 9.59 Å². The molecule has 0 aliphatic carbocycles. The van der Waals surface area contributed by atoms with Crippen LogP contribution in [-0.4, -0.2) is 74.1 Å². The predicted octanol–water partition coefficient (Wildman–Crippen LogP) is 2.70.